The van der Waals surface area contributed by atoms with Crippen molar-refractivity contribution < 1.29 is 0 Å². The van der Waals surface area contributed by atoms with Crippen molar-refractivity contribution >= 4 is 16.7 Å². The van der Waals surface area contributed by atoms with Gasteiger partial charge in [-0.15, -0.1) is 0 Å². The molecule has 0 saturated carbocycles. The molecule has 4 aromatic heterocycles. The zero-order valence-electron chi connectivity index (χ0n) is 14.4. The van der Waals surface area contributed by atoms with Crippen molar-refractivity contribution in [3.05, 3.63) is 65.7 Å². The summed E-state index contributed by atoms with van der Waals surface area (Å²) in [6.45, 7) is 1.99. The van der Waals surface area contributed by atoms with E-state index in [4.69, 9.17) is 5.73 Å². The molecule has 4 rings (SSSR count). The molecule has 26 heavy (non-hydrogen) atoms. The first-order valence-corrected chi connectivity index (χ1v) is 8.02. The van der Waals surface area contributed by atoms with E-state index >= 15 is 0 Å². The number of nitrogens with zero attached hydrogens (tertiary/aromatic N) is 5. The molecular weight excluding hydrogens is 324 g/mol. The number of nitrogens with two attached hydrogens (primary N) is 1. The number of anilines is 1. The molecule has 0 fully saturated rings. The minimum atomic E-state index is 0.528. The molecule has 125 valence electrons. The second-order valence-corrected chi connectivity index (χ2v) is 5.90. The fraction of sp³-hybridized carbons (Fsp3) is 0.100. The van der Waals surface area contributed by atoms with Crippen LogP contribution in [0.4, 0.5) is 5.69 Å². The van der Waals surface area contributed by atoms with Gasteiger partial charge in [-0.3, -0.25) is 9.67 Å². The molecule has 2 N–H and O–H groups in total. The van der Waals surface area contributed by atoms with Gasteiger partial charge in [-0.05, 0) is 42.7 Å². The molecule has 0 aliphatic rings. The quantitative estimate of drug-likeness (QED) is 0.539. The van der Waals surface area contributed by atoms with Crippen LogP contribution in [0.15, 0.2) is 42.9 Å². The number of hydrogen-bond donors (Lipinski definition) is 1. The van der Waals surface area contributed by atoms with Gasteiger partial charge in [0.25, 0.3) is 0 Å². The Kier molecular flexibility index (Phi) is 3.82. The number of hydrogen-bond acceptors (Lipinski definition) is 5. The molecule has 0 unspecified atom stereocenters. The lowest BCUT2D eigenvalue weighted by Crippen LogP contribution is -1.97. The Balaban J connectivity index is 1.75. The predicted octanol–water partition coefficient (Wildman–Crippen LogP) is 2.52. The summed E-state index contributed by atoms with van der Waals surface area (Å²) in [7, 11) is 1.84. The van der Waals surface area contributed by atoms with E-state index < -0.39 is 0 Å². The van der Waals surface area contributed by atoms with Gasteiger partial charge in [0.1, 0.15) is 16.9 Å². The van der Waals surface area contributed by atoms with E-state index in [-0.39, 0.29) is 0 Å². The summed E-state index contributed by atoms with van der Waals surface area (Å²) in [6.07, 6.45) is 5.24. The topological polar surface area (TPSA) is 82.5 Å². The molecule has 0 saturated heterocycles. The molecule has 4 heterocycles. The maximum absolute atomic E-state index is 6.19. The minimum Gasteiger partial charge on any atom is -0.397 e. The number of aryl methyl sites for hydroxylation is 2. The van der Waals surface area contributed by atoms with Crippen LogP contribution in [-0.4, -0.2) is 24.7 Å². The van der Waals surface area contributed by atoms with Gasteiger partial charge in [-0.1, -0.05) is 5.92 Å². The maximum Gasteiger partial charge on any atom is 0.119 e. The van der Waals surface area contributed by atoms with E-state index in [9.17, 15) is 0 Å². The first-order valence-electron chi connectivity index (χ1n) is 8.02. The lowest BCUT2D eigenvalue weighted by atomic mass is 10.1. The first-order chi connectivity index (χ1) is 12.6. The van der Waals surface area contributed by atoms with Crippen LogP contribution in [-0.2, 0) is 7.05 Å². The molecule has 4 aromatic rings. The fourth-order valence-corrected chi connectivity index (χ4v) is 2.55. The maximum atomic E-state index is 6.19. The Morgan fingerprint density at radius 2 is 2.04 bits per heavy atom. The van der Waals surface area contributed by atoms with Crippen LogP contribution >= 0.6 is 0 Å². The van der Waals surface area contributed by atoms with Crippen molar-refractivity contribution in [3.8, 4) is 23.2 Å². The smallest absolute Gasteiger partial charge is 0.119 e. The Bertz CT molecular complexity index is 1180. The standard InChI is InChI=1S/C20H15N6/c1-13-7-9-22-12-14(13)3-4-15-11-16(21)20-19(23-15)6-5-17(24-20)18-8-10-26(2)25-18/h5-7,9-12H,1-2H3,(H2,21,23). The molecule has 0 aromatic carbocycles. The summed E-state index contributed by atoms with van der Waals surface area (Å²) in [5, 5.41) is 4.32. The van der Waals surface area contributed by atoms with E-state index in [0.717, 1.165) is 11.1 Å². The molecule has 0 aliphatic carbocycles. The molecule has 6 nitrogen and oxygen atoms in total. The zero-order chi connectivity index (χ0) is 18.1. The highest BCUT2D eigenvalue weighted by atomic mass is 15.2. The van der Waals surface area contributed by atoms with Gasteiger partial charge in [0, 0.05) is 37.3 Å². The molecule has 0 aliphatic heterocycles. The van der Waals surface area contributed by atoms with Gasteiger partial charge in [0.05, 0.1) is 16.9 Å². The second-order valence-electron chi connectivity index (χ2n) is 5.90. The Morgan fingerprint density at radius 3 is 2.81 bits per heavy atom. The van der Waals surface area contributed by atoms with Gasteiger partial charge in [0.15, 0.2) is 0 Å². The van der Waals surface area contributed by atoms with Crippen LogP contribution in [0.5, 0.6) is 0 Å². The van der Waals surface area contributed by atoms with E-state index in [1.54, 1.807) is 29.3 Å². The number of nitrogen functional groups attached to an aromatic ring is 1. The van der Waals surface area contributed by atoms with Crippen molar-refractivity contribution in [2.75, 3.05) is 5.73 Å². The van der Waals surface area contributed by atoms with Crippen LogP contribution in [0, 0.1) is 24.8 Å². The molecule has 0 spiro atoms. The molecule has 0 bridgehead atoms. The van der Waals surface area contributed by atoms with Gasteiger partial charge in [0.2, 0.25) is 0 Å². The Labute approximate surface area is 150 Å². The fourth-order valence-electron chi connectivity index (χ4n) is 2.55. The van der Waals surface area contributed by atoms with Gasteiger partial charge < -0.3 is 5.73 Å². The summed E-state index contributed by atoms with van der Waals surface area (Å²) < 4.78 is 1.68. The highest BCUT2D eigenvalue weighted by molar-refractivity contribution is 5.88. The third kappa shape index (κ3) is 2.98. The van der Waals surface area contributed by atoms with E-state index in [1.807, 2.05) is 32.2 Å². The highest BCUT2D eigenvalue weighted by Crippen LogP contribution is 2.22. The summed E-state index contributed by atoms with van der Waals surface area (Å²) in [5.41, 5.74) is 11.9. The van der Waals surface area contributed by atoms with Crippen molar-refractivity contribution in [2.45, 2.75) is 6.92 Å². The largest absolute Gasteiger partial charge is 0.397 e. The second kappa shape index (κ2) is 6.30. The van der Waals surface area contributed by atoms with Crippen LogP contribution in [0.25, 0.3) is 22.4 Å². The van der Waals surface area contributed by atoms with Crippen molar-refractivity contribution in [1.82, 2.24) is 24.7 Å². The average molecular weight is 339 g/mol. The third-order valence-corrected chi connectivity index (χ3v) is 3.93. The monoisotopic (exact) mass is 339 g/mol. The summed E-state index contributed by atoms with van der Waals surface area (Å²) in [5.74, 6) is 6.15. The molecule has 1 radical (unpaired) electrons. The van der Waals surface area contributed by atoms with Crippen LogP contribution < -0.4 is 5.73 Å². The normalized spacial score (nSPS) is 10.5. The van der Waals surface area contributed by atoms with Crippen LogP contribution in [0.2, 0.25) is 0 Å². The van der Waals surface area contributed by atoms with Gasteiger partial charge in [-0.25, -0.2) is 9.97 Å². The minimum absolute atomic E-state index is 0.528. The average Bonchev–Trinajstić information content (AvgIpc) is 3.07. The number of pyridine rings is 3. The summed E-state index contributed by atoms with van der Waals surface area (Å²) in [4.78, 5) is 13.2. The van der Waals surface area contributed by atoms with Crippen molar-refractivity contribution in [1.29, 1.82) is 0 Å². The third-order valence-electron chi connectivity index (χ3n) is 3.93. The molecule has 0 atom stereocenters. The molecule has 0 amide bonds. The Hall–Kier alpha value is -3.72. The zero-order valence-corrected chi connectivity index (χ0v) is 14.4. The number of aromatic nitrogens is 5. The number of fused-ring (bicyclic) bond motifs is 1. The van der Waals surface area contributed by atoms with Crippen molar-refractivity contribution in [2.24, 2.45) is 7.05 Å². The lowest BCUT2D eigenvalue weighted by molar-refractivity contribution is 0.770. The molecule has 6 heteroatoms. The van der Waals surface area contributed by atoms with Gasteiger partial charge in [-0.2, -0.15) is 5.10 Å². The number of rotatable bonds is 1. The Morgan fingerprint density at radius 1 is 1.15 bits per heavy atom. The lowest BCUT2D eigenvalue weighted by Gasteiger charge is -2.04. The van der Waals surface area contributed by atoms with E-state index in [1.165, 1.54) is 0 Å². The SMILES string of the molecule is Cc1ccncc1C#Cc1cc(N)c2nc(-c3[c]cn(C)n3)ccc2n1. The van der Waals surface area contributed by atoms with Gasteiger partial charge >= 0.3 is 0 Å². The molecular formula is C20H15N6. The summed E-state index contributed by atoms with van der Waals surface area (Å²) >= 11 is 0. The van der Waals surface area contributed by atoms with E-state index in [2.05, 4.69) is 38.0 Å². The first kappa shape index (κ1) is 15.8. The van der Waals surface area contributed by atoms with Crippen molar-refractivity contribution in [3.63, 3.8) is 0 Å². The highest BCUT2D eigenvalue weighted by Gasteiger charge is 2.08. The van der Waals surface area contributed by atoms with Crippen LogP contribution in [0.3, 0.4) is 0 Å². The van der Waals surface area contributed by atoms with Crippen LogP contribution in [0.1, 0.15) is 16.8 Å². The van der Waals surface area contributed by atoms with E-state index in [0.29, 0.717) is 33.8 Å². The summed E-state index contributed by atoms with van der Waals surface area (Å²) in [6, 6.07) is 10.4. The predicted molar refractivity (Wildman–Crippen MR) is 99.9 cm³/mol.